The molecular weight excluding hydrogens is 373 g/mol. The third-order valence-corrected chi connectivity index (χ3v) is 3.70. The second-order valence-electron chi connectivity index (χ2n) is 3.26. The first-order valence-electron chi connectivity index (χ1n) is 4.56. The lowest BCUT2D eigenvalue weighted by molar-refractivity contribution is 0.0600. The SMILES string of the molecule is COC(=O)c1cnc2c(Br)cc(Br)cc2c1Cl. The fourth-order valence-electron chi connectivity index (χ4n) is 1.45. The van der Waals surface area contributed by atoms with E-state index in [1.54, 1.807) is 0 Å². The van der Waals surface area contributed by atoms with Crippen molar-refractivity contribution in [3.8, 4) is 0 Å². The predicted molar refractivity (Wildman–Crippen MR) is 73.5 cm³/mol. The highest BCUT2D eigenvalue weighted by molar-refractivity contribution is 9.11. The number of carbonyl (C=O) groups is 1. The standard InChI is InChI=1S/C11H6Br2ClNO2/c1-17-11(16)7-4-15-10-6(9(7)14)2-5(12)3-8(10)13/h2-4H,1H3. The van der Waals surface area contributed by atoms with Crippen molar-refractivity contribution in [3.63, 3.8) is 0 Å². The van der Waals surface area contributed by atoms with E-state index in [2.05, 4.69) is 41.6 Å². The number of pyridine rings is 1. The summed E-state index contributed by atoms with van der Waals surface area (Å²) >= 11 is 12.9. The molecule has 0 bridgehead atoms. The lowest BCUT2D eigenvalue weighted by atomic mass is 10.1. The summed E-state index contributed by atoms with van der Waals surface area (Å²) in [5, 5.41) is 1.03. The molecule has 0 spiro atoms. The van der Waals surface area contributed by atoms with Crippen molar-refractivity contribution in [1.82, 2.24) is 4.98 Å². The number of ether oxygens (including phenoxy) is 1. The Morgan fingerprint density at radius 3 is 2.76 bits per heavy atom. The molecule has 0 atom stereocenters. The maximum Gasteiger partial charge on any atom is 0.340 e. The quantitative estimate of drug-likeness (QED) is 0.697. The molecule has 0 saturated heterocycles. The first-order valence-corrected chi connectivity index (χ1v) is 6.52. The first kappa shape index (κ1) is 12.8. The van der Waals surface area contributed by atoms with Crippen molar-refractivity contribution in [3.05, 3.63) is 37.9 Å². The fraction of sp³-hybridized carbons (Fsp3) is 0.0909. The van der Waals surface area contributed by atoms with Crippen LogP contribution >= 0.6 is 43.5 Å². The van der Waals surface area contributed by atoms with Gasteiger partial charge in [0, 0.05) is 20.5 Å². The van der Waals surface area contributed by atoms with Crippen LogP contribution in [0, 0.1) is 0 Å². The highest BCUT2D eigenvalue weighted by atomic mass is 79.9. The van der Waals surface area contributed by atoms with Crippen LogP contribution in [0.25, 0.3) is 10.9 Å². The minimum absolute atomic E-state index is 0.256. The van der Waals surface area contributed by atoms with Gasteiger partial charge < -0.3 is 4.74 Å². The monoisotopic (exact) mass is 377 g/mol. The van der Waals surface area contributed by atoms with E-state index in [1.165, 1.54) is 13.3 Å². The van der Waals surface area contributed by atoms with Crippen molar-refractivity contribution in [2.75, 3.05) is 7.11 Å². The molecule has 0 aliphatic heterocycles. The third kappa shape index (κ3) is 2.32. The molecule has 1 aromatic carbocycles. The van der Waals surface area contributed by atoms with E-state index in [4.69, 9.17) is 11.6 Å². The van der Waals surface area contributed by atoms with E-state index in [9.17, 15) is 4.79 Å². The van der Waals surface area contributed by atoms with Gasteiger partial charge in [-0.1, -0.05) is 27.5 Å². The smallest absolute Gasteiger partial charge is 0.340 e. The van der Waals surface area contributed by atoms with E-state index in [0.29, 0.717) is 15.9 Å². The Morgan fingerprint density at radius 2 is 2.12 bits per heavy atom. The van der Waals surface area contributed by atoms with Gasteiger partial charge in [-0.3, -0.25) is 4.98 Å². The number of hydrogen-bond donors (Lipinski definition) is 0. The summed E-state index contributed by atoms with van der Waals surface area (Å²) in [4.78, 5) is 15.7. The molecule has 0 amide bonds. The summed E-state index contributed by atoms with van der Waals surface area (Å²) in [5.74, 6) is -0.500. The summed E-state index contributed by atoms with van der Waals surface area (Å²) in [5.41, 5.74) is 0.956. The molecular formula is C11H6Br2ClNO2. The fourth-order valence-corrected chi connectivity index (χ4v) is 3.05. The zero-order chi connectivity index (χ0) is 12.6. The van der Waals surface area contributed by atoms with Gasteiger partial charge in [0.05, 0.1) is 23.2 Å². The molecule has 0 saturated carbocycles. The molecule has 6 heteroatoms. The number of aromatic nitrogens is 1. The van der Waals surface area contributed by atoms with E-state index in [1.807, 2.05) is 12.1 Å². The van der Waals surface area contributed by atoms with Crippen LogP contribution in [0.15, 0.2) is 27.3 Å². The normalized spacial score (nSPS) is 10.6. The minimum atomic E-state index is -0.500. The highest BCUT2D eigenvalue weighted by Gasteiger charge is 2.15. The van der Waals surface area contributed by atoms with Gasteiger partial charge in [0.2, 0.25) is 0 Å². The average molecular weight is 379 g/mol. The largest absolute Gasteiger partial charge is 0.465 e. The van der Waals surface area contributed by atoms with E-state index < -0.39 is 5.97 Å². The number of benzene rings is 1. The number of nitrogens with zero attached hydrogens (tertiary/aromatic N) is 1. The molecule has 0 radical (unpaired) electrons. The molecule has 0 N–H and O–H groups in total. The second-order valence-corrected chi connectivity index (χ2v) is 5.41. The van der Waals surface area contributed by atoms with Gasteiger partial charge in [0.25, 0.3) is 0 Å². The lowest BCUT2D eigenvalue weighted by Crippen LogP contribution is -2.03. The Hall–Kier alpha value is -0.650. The Bertz CT molecular complexity index is 616. The number of hydrogen-bond acceptors (Lipinski definition) is 3. The van der Waals surface area contributed by atoms with Crippen LogP contribution in [0.4, 0.5) is 0 Å². The van der Waals surface area contributed by atoms with Gasteiger partial charge in [-0.25, -0.2) is 4.79 Å². The Balaban J connectivity index is 2.79. The van der Waals surface area contributed by atoms with Crippen molar-refractivity contribution >= 4 is 60.3 Å². The molecule has 0 unspecified atom stereocenters. The van der Waals surface area contributed by atoms with Crippen molar-refractivity contribution in [2.45, 2.75) is 0 Å². The summed E-state index contributed by atoms with van der Waals surface area (Å²) in [6, 6.07) is 3.67. The second kappa shape index (κ2) is 4.92. The van der Waals surface area contributed by atoms with Gasteiger partial charge in [-0.05, 0) is 28.1 Å². The zero-order valence-corrected chi connectivity index (χ0v) is 12.6. The molecule has 2 rings (SSSR count). The zero-order valence-electron chi connectivity index (χ0n) is 8.63. The van der Waals surface area contributed by atoms with Crippen LogP contribution < -0.4 is 0 Å². The molecule has 0 aliphatic rings. The molecule has 1 heterocycles. The molecule has 3 nitrogen and oxygen atoms in total. The van der Waals surface area contributed by atoms with Crippen LogP contribution in [0.3, 0.4) is 0 Å². The molecule has 17 heavy (non-hydrogen) atoms. The maximum atomic E-state index is 11.5. The number of halogens is 3. The van der Waals surface area contributed by atoms with E-state index in [-0.39, 0.29) is 5.56 Å². The molecule has 0 fully saturated rings. The molecule has 1 aromatic heterocycles. The summed E-state index contributed by atoms with van der Waals surface area (Å²) in [7, 11) is 1.31. The van der Waals surface area contributed by atoms with Crippen LogP contribution in [0.2, 0.25) is 5.02 Å². The number of fused-ring (bicyclic) bond motifs is 1. The molecule has 2 aromatic rings. The average Bonchev–Trinajstić information content (AvgIpc) is 2.29. The number of esters is 1. The Morgan fingerprint density at radius 1 is 1.41 bits per heavy atom. The number of methoxy groups -OCH3 is 1. The van der Waals surface area contributed by atoms with Crippen LogP contribution in [-0.2, 0) is 4.74 Å². The topological polar surface area (TPSA) is 39.2 Å². The van der Waals surface area contributed by atoms with Crippen LogP contribution in [-0.4, -0.2) is 18.1 Å². The number of carbonyl (C=O) groups excluding carboxylic acids is 1. The van der Waals surface area contributed by atoms with Crippen molar-refractivity contribution in [1.29, 1.82) is 0 Å². The van der Waals surface area contributed by atoms with Crippen molar-refractivity contribution < 1.29 is 9.53 Å². The minimum Gasteiger partial charge on any atom is -0.465 e. The van der Waals surface area contributed by atoms with E-state index >= 15 is 0 Å². The first-order chi connectivity index (χ1) is 8.04. The van der Waals surface area contributed by atoms with Gasteiger partial charge in [-0.15, -0.1) is 0 Å². The van der Waals surface area contributed by atoms with E-state index in [0.717, 1.165) is 8.95 Å². The van der Waals surface area contributed by atoms with Crippen molar-refractivity contribution in [2.24, 2.45) is 0 Å². The lowest BCUT2D eigenvalue weighted by Gasteiger charge is -2.07. The summed E-state index contributed by atoms with van der Waals surface area (Å²) in [6.45, 7) is 0. The van der Waals surface area contributed by atoms with Crippen LogP contribution in [0.1, 0.15) is 10.4 Å². The summed E-state index contributed by atoms with van der Waals surface area (Å²) < 4.78 is 6.30. The third-order valence-electron chi connectivity index (χ3n) is 2.23. The van der Waals surface area contributed by atoms with Gasteiger partial charge in [0.1, 0.15) is 0 Å². The van der Waals surface area contributed by atoms with Gasteiger partial charge >= 0.3 is 5.97 Å². The number of rotatable bonds is 1. The Labute approximate surface area is 119 Å². The maximum absolute atomic E-state index is 11.5. The molecule has 88 valence electrons. The highest BCUT2D eigenvalue weighted by Crippen LogP contribution is 2.33. The Kier molecular flexibility index (Phi) is 3.70. The van der Waals surface area contributed by atoms with Crippen LogP contribution in [0.5, 0.6) is 0 Å². The predicted octanol–water partition coefficient (Wildman–Crippen LogP) is 4.20. The molecule has 0 aliphatic carbocycles. The van der Waals surface area contributed by atoms with Gasteiger partial charge in [0.15, 0.2) is 0 Å². The van der Waals surface area contributed by atoms with Gasteiger partial charge in [-0.2, -0.15) is 0 Å². The summed E-state index contributed by atoms with van der Waals surface area (Å²) in [6.07, 6.45) is 1.41.